The number of hydrogen-bond acceptors (Lipinski definition) is 10. The summed E-state index contributed by atoms with van der Waals surface area (Å²) in [6.45, 7) is 36.6. The molecule has 0 aromatic carbocycles. The van der Waals surface area contributed by atoms with Gasteiger partial charge in [-0.3, -0.25) is 14.7 Å². The molecule has 0 radical (unpaired) electrons. The van der Waals surface area contributed by atoms with E-state index in [0.717, 1.165) is 137 Å². The first kappa shape index (κ1) is 51.0. The molecule has 0 heterocycles. The third-order valence-corrected chi connectivity index (χ3v) is 8.54. The van der Waals surface area contributed by atoms with Gasteiger partial charge in [-0.25, -0.2) is 0 Å². The Bertz CT molecular complexity index is 592. The fourth-order valence-electron chi connectivity index (χ4n) is 5.56. The van der Waals surface area contributed by atoms with E-state index in [1.165, 1.54) is 45.2 Å². The maximum Gasteiger partial charge on any atom is 0.0110 e. The number of rotatable bonds is 36. The summed E-state index contributed by atoms with van der Waals surface area (Å²) in [5, 5.41) is 10.8. The van der Waals surface area contributed by atoms with Gasteiger partial charge in [0, 0.05) is 119 Å². The van der Waals surface area contributed by atoms with Gasteiger partial charge in [0.2, 0.25) is 0 Å². The first-order valence-electron chi connectivity index (χ1n) is 19.0. The molecule has 10 heteroatoms. The van der Waals surface area contributed by atoms with Crippen molar-refractivity contribution in [2.24, 2.45) is 5.73 Å². The second-order valence-corrected chi connectivity index (χ2v) is 13.0. The normalized spacial score (nSPS) is 11.9. The molecule has 0 atom stereocenters. The van der Waals surface area contributed by atoms with E-state index in [0.29, 0.717) is 0 Å². The van der Waals surface area contributed by atoms with Gasteiger partial charge < -0.3 is 36.4 Å². The molecule has 0 aliphatic heterocycles. The van der Waals surface area contributed by atoms with E-state index in [1.807, 2.05) is 0 Å². The van der Waals surface area contributed by atoms with Gasteiger partial charge in [-0.1, -0.05) is 49.5 Å². The number of nitrogens with two attached hydrogens (primary N) is 1. The molecule has 0 aromatic heterocycles. The molecule has 0 amide bonds. The van der Waals surface area contributed by atoms with Crippen LogP contribution in [-0.2, 0) is 0 Å². The molecule has 0 saturated heterocycles. The van der Waals surface area contributed by atoms with Crippen LogP contribution in [0, 0.1) is 0 Å². The maximum absolute atomic E-state index is 5.96. The van der Waals surface area contributed by atoms with Crippen molar-refractivity contribution in [3.05, 3.63) is 0 Å². The third kappa shape index (κ3) is 32.6. The second kappa shape index (κ2) is 38.4. The fraction of sp³-hybridized carbons (Fsp3) is 1.00. The second-order valence-electron chi connectivity index (χ2n) is 13.0. The Morgan fingerprint density at radius 1 is 0.362 bits per heavy atom. The van der Waals surface area contributed by atoms with Crippen LogP contribution in [0.3, 0.4) is 0 Å². The van der Waals surface area contributed by atoms with E-state index < -0.39 is 0 Å². The zero-order valence-corrected chi connectivity index (χ0v) is 31.6. The van der Waals surface area contributed by atoms with Crippen molar-refractivity contribution in [1.29, 1.82) is 0 Å². The molecule has 0 spiro atoms. The standard InChI is InChI=1S/C35H82N10.2CH4.H2/c1-8-14-37-17-23-43(22-13-36)33-35-45(25-19-39-16-10-3)31-28-41(7)27-29-42(21-12-5)32-34-44(24-18-38-15-9-2)30-26-40(6)20-11-4;;;/h37-39H,8-36H2,1-7H3;2*1H4;1H. The molecule has 0 aromatic rings. The highest BCUT2D eigenvalue weighted by atomic mass is 15.3. The zero-order valence-electron chi connectivity index (χ0n) is 31.6. The molecule has 0 rings (SSSR count). The summed E-state index contributed by atoms with van der Waals surface area (Å²) in [7, 11) is 4.58. The van der Waals surface area contributed by atoms with Crippen LogP contribution in [0.1, 0.15) is 83.0 Å². The first-order valence-corrected chi connectivity index (χ1v) is 19.0. The quantitative estimate of drug-likeness (QED) is 0.0743. The molecular weight excluding hydrogens is 584 g/mol. The number of likely N-dealkylation sites (N-methyl/N-ethyl adjacent to an activating group) is 2. The Hall–Kier alpha value is -0.400. The van der Waals surface area contributed by atoms with Crippen LogP contribution in [0.2, 0.25) is 0 Å². The summed E-state index contributed by atoms with van der Waals surface area (Å²) in [6.07, 6.45) is 6.02. The van der Waals surface area contributed by atoms with E-state index in [1.54, 1.807) is 0 Å². The Morgan fingerprint density at radius 2 is 0.660 bits per heavy atom. The van der Waals surface area contributed by atoms with E-state index in [4.69, 9.17) is 5.73 Å². The van der Waals surface area contributed by atoms with Gasteiger partial charge >= 0.3 is 0 Å². The Labute approximate surface area is 298 Å². The van der Waals surface area contributed by atoms with Gasteiger partial charge in [0.05, 0.1) is 0 Å². The van der Waals surface area contributed by atoms with Crippen LogP contribution in [0.4, 0.5) is 0 Å². The lowest BCUT2D eigenvalue weighted by Gasteiger charge is -2.31. The predicted molar refractivity (Wildman–Crippen MR) is 215 cm³/mol. The summed E-state index contributed by atoms with van der Waals surface area (Å²) < 4.78 is 0. The van der Waals surface area contributed by atoms with Crippen LogP contribution < -0.4 is 21.7 Å². The van der Waals surface area contributed by atoms with Gasteiger partial charge in [-0.15, -0.1) is 0 Å². The van der Waals surface area contributed by atoms with Crippen LogP contribution in [0.15, 0.2) is 0 Å². The van der Waals surface area contributed by atoms with Crippen molar-refractivity contribution < 1.29 is 1.43 Å². The van der Waals surface area contributed by atoms with Crippen LogP contribution in [-0.4, -0.2) is 194 Å². The van der Waals surface area contributed by atoms with Crippen LogP contribution >= 0.6 is 0 Å². The molecular formula is C37H92N10. The van der Waals surface area contributed by atoms with E-state index >= 15 is 0 Å². The average Bonchev–Trinajstić information content (AvgIpc) is 3.03. The predicted octanol–water partition coefficient (Wildman–Crippen LogP) is 3.35. The molecule has 0 fully saturated rings. The van der Waals surface area contributed by atoms with Crippen molar-refractivity contribution in [2.45, 2.75) is 81.6 Å². The SMILES string of the molecule is C.C.CCCNCCN(CCN)CCN(CCNCCC)CCN(C)CCN(CCC)CCN(CCNCCC)CCN(C)CCC.[HH]. The van der Waals surface area contributed by atoms with E-state index in [9.17, 15) is 0 Å². The molecule has 0 unspecified atom stereocenters. The largest absolute Gasteiger partial charge is 0.329 e. The van der Waals surface area contributed by atoms with Crippen molar-refractivity contribution in [3.63, 3.8) is 0 Å². The molecule has 5 N–H and O–H groups in total. The third-order valence-electron chi connectivity index (χ3n) is 8.54. The number of hydrogen-bond donors (Lipinski definition) is 4. The Morgan fingerprint density at radius 3 is 0.979 bits per heavy atom. The van der Waals surface area contributed by atoms with E-state index in [-0.39, 0.29) is 16.3 Å². The van der Waals surface area contributed by atoms with Crippen molar-refractivity contribution in [2.75, 3.05) is 165 Å². The van der Waals surface area contributed by atoms with Crippen molar-refractivity contribution in [1.82, 2.24) is 45.3 Å². The van der Waals surface area contributed by atoms with E-state index in [2.05, 4.69) is 94.1 Å². The molecule has 47 heavy (non-hydrogen) atoms. The minimum Gasteiger partial charge on any atom is -0.329 e. The maximum atomic E-state index is 5.96. The first-order chi connectivity index (χ1) is 21.9. The molecule has 10 nitrogen and oxygen atoms in total. The summed E-state index contributed by atoms with van der Waals surface area (Å²) in [6, 6.07) is 0. The highest BCUT2D eigenvalue weighted by molar-refractivity contribution is 4.71. The lowest BCUT2D eigenvalue weighted by Crippen LogP contribution is -2.45. The van der Waals surface area contributed by atoms with Crippen molar-refractivity contribution in [3.8, 4) is 0 Å². The molecule has 0 bridgehead atoms. The van der Waals surface area contributed by atoms with Gasteiger partial charge in [-0.05, 0) is 78.9 Å². The summed E-state index contributed by atoms with van der Waals surface area (Å²) in [5.74, 6) is 0. The van der Waals surface area contributed by atoms with Crippen molar-refractivity contribution >= 4 is 0 Å². The lowest BCUT2D eigenvalue weighted by molar-refractivity contribution is 0.161. The summed E-state index contributed by atoms with van der Waals surface area (Å²) >= 11 is 0. The van der Waals surface area contributed by atoms with Gasteiger partial charge in [-0.2, -0.15) is 0 Å². The van der Waals surface area contributed by atoms with Crippen LogP contribution in [0.25, 0.3) is 0 Å². The smallest absolute Gasteiger partial charge is 0.0110 e. The highest BCUT2D eigenvalue weighted by Gasteiger charge is 2.13. The topological polar surface area (TPSA) is 81.5 Å². The lowest BCUT2D eigenvalue weighted by atomic mass is 10.3. The van der Waals surface area contributed by atoms with Crippen LogP contribution in [0.5, 0.6) is 0 Å². The Kier molecular flexibility index (Phi) is 41.6. The fourth-order valence-corrected chi connectivity index (χ4v) is 5.56. The molecule has 0 aliphatic rings. The number of nitrogens with zero attached hydrogens (tertiary/aromatic N) is 6. The molecule has 0 aliphatic carbocycles. The average molecular weight is 677 g/mol. The van der Waals surface area contributed by atoms with Gasteiger partial charge in [0.25, 0.3) is 0 Å². The zero-order chi connectivity index (χ0) is 33.4. The minimum absolute atomic E-state index is 0. The molecule has 0 saturated carbocycles. The highest BCUT2D eigenvalue weighted by Crippen LogP contribution is 1.99. The molecule has 290 valence electrons. The summed E-state index contributed by atoms with van der Waals surface area (Å²) in [5.41, 5.74) is 5.96. The number of nitrogens with one attached hydrogen (secondary N) is 3. The summed E-state index contributed by atoms with van der Waals surface area (Å²) in [4.78, 5) is 15.6. The van der Waals surface area contributed by atoms with Gasteiger partial charge in [0.15, 0.2) is 0 Å². The Balaban J connectivity index is -0.00000323. The monoisotopic (exact) mass is 677 g/mol. The minimum atomic E-state index is 0. The van der Waals surface area contributed by atoms with Gasteiger partial charge in [0.1, 0.15) is 0 Å².